The summed E-state index contributed by atoms with van der Waals surface area (Å²) in [5.41, 5.74) is 1.43. The van der Waals surface area contributed by atoms with Gasteiger partial charge in [-0.15, -0.1) is 0 Å². The third-order valence-electron chi connectivity index (χ3n) is 4.78. The molecule has 144 valence electrons. The molecule has 3 rings (SSSR count). The van der Waals surface area contributed by atoms with Crippen LogP contribution in [0, 0.1) is 17.2 Å². The van der Waals surface area contributed by atoms with Gasteiger partial charge in [-0.05, 0) is 42.3 Å². The number of nitrogens with zero attached hydrogens (tertiary/aromatic N) is 3. The molecule has 2 N–H and O–H groups in total. The molecule has 1 heterocycles. The summed E-state index contributed by atoms with van der Waals surface area (Å²) in [5.74, 6) is 0.206. The molecule has 1 atom stereocenters. The number of benzene rings is 2. The van der Waals surface area contributed by atoms with Crippen molar-refractivity contribution in [2.45, 2.75) is 39.7 Å². The average molecular weight is 377 g/mol. The van der Waals surface area contributed by atoms with Crippen LogP contribution in [-0.2, 0) is 0 Å². The molecular weight excluding hydrogens is 354 g/mol. The Kier molecular flexibility index (Phi) is 5.21. The van der Waals surface area contributed by atoms with Crippen molar-refractivity contribution in [2.75, 3.05) is 0 Å². The summed E-state index contributed by atoms with van der Waals surface area (Å²) in [6, 6.07) is 11.7. The first-order valence-corrected chi connectivity index (χ1v) is 9.23. The lowest BCUT2D eigenvalue weighted by atomic mass is 9.95. The molecule has 0 radical (unpaired) electrons. The predicted octanol–water partition coefficient (Wildman–Crippen LogP) is 3.78. The third-order valence-corrected chi connectivity index (χ3v) is 4.78. The molecule has 0 spiro atoms. The molecule has 3 aromatic rings. The molecule has 0 fully saturated rings. The number of phenols is 1. The maximum Gasteiger partial charge on any atom is 0.265 e. The van der Waals surface area contributed by atoms with Crippen molar-refractivity contribution in [3.8, 4) is 17.5 Å². The van der Waals surface area contributed by atoms with Crippen LogP contribution in [-0.4, -0.2) is 19.8 Å². The molecule has 0 saturated heterocycles. The molecule has 6 nitrogen and oxygen atoms in total. The zero-order valence-corrected chi connectivity index (χ0v) is 16.3. The lowest BCUT2D eigenvalue weighted by molar-refractivity contribution is 0.125. The van der Waals surface area contributed by atoms with Gasteiger partial charge in [-0.1, -0.05) is 27.7 Å². The van der Waals surface area contributed by atoms with Gasteiger partial charge in [0, 0.05) is 11.5 Å². The van der Waals surface area contributed by atoms with Gasteiger partial charge in [-0.3, -0.25) is 9.36 Å². The van der Waals surface area contributed by atoms with E-state index in [-0.39, 0.29) is 28.7 Å². The molecule has 28 heavy (non-hydrogen) atoms. The number of aromatic nitrogens is 2. The topological polar surface area (TPSA) is 99.1 Å². The summed E-state index contributed by atoms with van der Waals surface area (Å²) < 4.78 is 1.52. The van der Waals surface area contributed by atoms with Crippen molar-refractivity contribution in [3.63, 3.8) is 0 Å². The Morgan fingerprint density at radius 3 is 2.25 bits per heavy atom. The van der Waals surface area contributed by atoms with Crippen LogP contribution in [0.2, 0.25) is 0 Å². The first kappa shape index (κ1) is 19.6. The predicted molar refractivity (Wildman–Crippen MR) is 108 cm³/mol. The standard InChI is InChI=1S/C22H23N3O3/c1-12(2)20(27)18-17(26)10-9-16-19(18)24-21(13(3)4)25(22(16)28)15-7-5-14(11-23)6-8-15/h5-10,12-13,20,26-27H,1-4H3. The number of hydrogen-bond acceptors (Lipinski definition) is 5. The van der Waals surface area contributed by atoms with Gasteiger partial charge in [0.1, 0.15) is 11.6 Å². The van der Waals surface area contributed by atoms with Gasteiger partial charge in [-0.2, -0.15) is 5.26 Å². The van der Waals surface area contributed by atoms with Crippen LogP contribution < -0.4 is 5.56 Å². The molecule has 1 aromatic heterocycles. The van der Waals surface area contributed by atoms with Crippen LogP contribution in [0.5, 0.6) is 5.75 Å². The summed E-state index contributed by atoms with van der Waals surface area (Å²) in [5, 5.41) is 30.3. The molecule has 2 aromatic carbocycles. The van der Waals surface area contributed by atoms with Gasteiger partial charge in [-0.25, -0.2) is 4.98 Å². The minimum absolute atomic E-state index is 0.0774. The number of aliphatic hydroxyl groups excluding tert-OH is 1. The lowest BCUT2D eigenvalue weighted by Gasteiger charge is -2.21. The summed E-state index contributed by atoms with van der Waals surface area (Å²) >= 11 is 0. The summed E-state index contributed by atoms with van der Waals surface area (Å²) in [6.45, 7) is 7.53. The highest BCUT2D eigenvalue weighted by molar-refractivity contribution is 5.84. The number of hydrogen-bond donors (Lipinski definition) is 2. The number of aliphatic hydroxyl groups is 1. The van der Waals surface area contributed by atoms with Gasteiger partial charge >= 0.3 is 0 Å². The normalized spacial score (nSPS) is 12.5. The van der Waals surface area contributed by atoms with Crippen LogP contribution in [0.15, 0.2) is 41.2 Å². The van der Waals surface area contributed by atoms with Crippen molar-refractivity contribution in [1.29, 1.82) is 5.26 Å². The van der Waals surface area contributed by atoms with Gasteiger partial charge < -0.3 is 10.2 Å². The lowest BCUT2D eigenvalue weighted by Crippen LogP contribution is -2.25. The monoisotopic (exact) mass is 377 g/mol. The zero-order valence-electron chi connectivity index (χ0n) is 16.3. The number of fused-ring (bicyclic) bond motifs is 1. The fourth-order valence-corrected chi connectivity index (χ4v) is 3.23. The minimum atomic E-state index is -0.943. The second kappa shape index (κ2) is 7.45. The molecule has 0 aliphatic carbocycles. The Bertz CT molecular complexity index is 1120. The summed E-state index contributed by atoms with van der Waals surface area (Å²) in [7, 11) is 0. The van der Waals surface area contributed by atoms with Crippen molar-refractivity contribution in [2.24, 2.45) is 5.92 Å². The Balaban J connectivity index is 2.40. The Morgan fingerprint density at radius 1 is 1.07 bits per heavy atom. The van der Waals surface area contributed by atoms with Crippen LogP contribution in [0.3, 0.4) is 0 Å². The van der Waals surface area contributed by atoms with Crippen LogP contribution in [0.1, 0.15) is 56.7 Å². The minimum Gasteiger partial charge on any atom is -0.507 e. The van der Waals surface area contributed by atoms with Crippen molar-refractivity contribution < 1.29 is 10.2 Å². The van der Waals surface area contributed by atoms with E-state index in [1.807, 2.05) is 27.7 Å². The average Bonchev–Trinajstić information content (AvgIpc) is 2.67. The van der Waals surface area contributed by atoms with Crippen molar-refractivity contribution >= 4 is 10.9 Å². The van der Waals surface area contributed by atoms with E-state index < -0.39 is 6.10 Å². The van der Waals surface area contributed by atoms with E-state index in [1.54, 1.807) is 24.3 Å². The van der Waals surface area contributed by atoms with Gasteiger partial charge in [0.2, 0.25) is 0 Å². The molecule has 1 unspecified atom stereocenters. The van der Waals surface area contributed by atoms with E-state index in [0.717, 1.165) is 0 Å². The maximum absolute atomic E-state index is 13.4. The SMILES string of the molecule is CC(C)c1nc2c(C(O)C(C)C)c(O)ccc2c(=O)n1-c1ccc(C#N)cc1. The fourth-order valence-electron chi connectivity index (χ4n) is 3.23. The highest BCUT2D eigenvalue weighted by Crippen LogP contribution is 2.34. The Morgan fingerprint density at radius 2 is 1.71 bits per heavy atom. The van der Waals surface area contributed by atoms with Crippen molar-refractivity contribution in [1.82, 2.24) is 9.55 Å². The Hall–Kier alpha value is -3.17. The van der Waals surface area contributed by atoms with E-state index in [0.29, 0.717) is 28.0 Å². The van der Waals surface area contributed by atoms with Gasteiger partial charge in [0.15, 0.2) is 0 Å². The summed E-state index contributed by atoms with van der Waals surface area (Å²) in [4.78, 5) is 18.1. The zero-order chi connectivity index (χ0) is 20.6. The van der Waals surface area contributed by atoms with E-state index in [2.05, 4.69) is 6.07 Å². The van der Waals surface area contributed by atoms with Gasteiger partial charge in [0.05, 0.1) is 34.3 Å². The highest BCUT2D eigenvalue weighted by Gasteiger charge is 2.24. The van der Waals surface area contributed by atoms with Crippen molar-refractivity contribution in [3.05, 3.63) is 63.7 Å². The summed E-state index contributed by atoms with van der Waals surface area (Å²) in [6.07, 6.45) is -0.943. The molecular formula is C22H23N3O3. The largest absolute Gasteiger partial charge is 0.507 e. The smallest absolute Gasteiger partial charge is 0.265 e. The molecule has 0 aliphatic rings. The maximum atomic E-state index is 13.4. The number of aromatic hydroxyl groups is 1. The highest BCUT2D eigenvalue weighted by atomic mass is 16.3. The first-order valence-electron chi connectivity index (χ1n) is 9.23. The van der Waals surface area contributed by atoms with Crippen LogP contribution in [0.4, 0.5) is 0 Å². The van der Waals surface area contributed by atoms with Crippen LogP contribution in [0.25, 0.3) is 16.6 Å². The van der Waals surface area contributed by atoms with E-state index in [4.69, 9.17) is 10.2 Å². The number of nitriles is 1. The molecule has 0 aliphatic heterocycles. The fraction of sp³-hybridized carbons (Fsp3) is 0.318. The first-order chi connectivity index (χ1) is 13.3. The Labute approximate surface area is 163 Å². The van der Waals surface area contributed by atoms with E-state index in [9.17, 15) is 15.0 Å². The number of rotatable bonds is 4. The second-order valence-corrected chi connectivity index (χ2v) is 7.51. The van der Waals surface area contributed by atoms with E-state index in [1.165, 1.54) is 16.7 Å². The quantitative estimate of drug-likeness (QED) is 0.721. The van der Waals surface area contributed by atoms with E-state index >= 15 is 0 Å². The van der Waals surface area contributed by atoms with Crippen LogP contribution >= 0.6 is 0 Å². The third kappa shape index (κ3) is 3.25. The molecule has 0 saturated carbocycles. The molecule has 0 amide bonds. The van der Waals surface area contributed by atoms with Gasteiger partial charge in [0.25, 0.3) is 5.56 Å². The molecule has 0 bridgehead atoms. The second-order valence-electron chi connectivity index (χ2n) is 7.51. The molecule has 6 heteroatoms. The number of phenolic OH excluding ortho intramolecular Hbond substituents is 1.